The van der Waals surface area contributed by atoms with E-state index in [-0.39, 0.29) is 11.3 Å². The topological polar surface area (TPSA) is 46.2 Å². The van der Waals surface area contributed by atoms with E-state index >= 15 is 0 Å². The van der Waals surface area contributed by atoms with Crippen LogP contribution in [0.15, 0.2) is 24.3 Å². The molecule has 96 valence electrons. The van der Waals surface area contributed by atoms with Crippen LogP contribution in [0.25, 0.3) is 0 Å². The van der Waals surface area contributed by atoms with E-state index in [0.717, 1.165) is 12.0 Å². The zero-order chi connectivity index (χ0) is 13.1. The SMILES string of the molecule is CCC(CN)C(O)c1ccc(C(C)(C)C)cc1. The summed E-state index contributed by atoms with van der Waals surface area (Å²) in [5.74, 6) is 0.149. The van der Waals surface area contributed by atoms with Crippen LogP contribution in [-0.4, -0.2) is 11.7 Å². The molecule has 0 spiro atoms. The van der Waals surface area contributed by atoms with Gasteiger partial charge in [0.25, 0.3) is 0 Å². The van der Waals surface area contributed by atoms with E-state index in [4.69, 9.17) is 5.73 Å². The Kier molecular flexibility index (Phi) is 4.72. The van der Waals surface area contributed by atoms with Gasteiger partial charge < -0.3 is 10.8 Å². The van der Waals surface area contributed by atoms with Gasteiger partial charge in [-0.2, -0.15) is 0 Å². The molecule has 3 N–H and O–H groups in total. The molecule has 0 radical (unpaired) electrons. The van der Waals surface area contributed by atoms with Crippen LogP contribution >= 0.6 is 0 Å². The highest BCUT2D eigenvalue weighted by molar-refractivity contribution is 5.28. The molecular weight excluding hydrogens is 210 g/mol. The van der Waals surface area contributed by atoms with Crippen molar-refractivity contribution in [2.45, 2.75) is 45.6 Å². The van der Waals surface area contributed by atoms with E-state index in [2.05, 4.69) is 39.8 Å². The molecule has 0 amide bonds. The second-order valence-corrected chi connectivity index (χ2v) is 5.72. The molecule has 0 saturated carbocycles. The van der Waals surface area contributed by atoms with Gasteiger partial charge in [0.15, 0.2) is 0 Å². The van der Waals surface area contributed by atoms with E-state index in [1.54, 1.807) is 0 Å². The van der Waals surface area contributed by atoms with Crippen LogP contribution in [0.3, 0.4) is 0 Å². The van der Waals surface area contributed by atoms with Crippen LogP contribution in [0.2, 0.25) is 0 Å². The molecule has 0 aromatic heterocycles. The standard InChI is InChI=1S/C15H25NO/c1-5-11(10-16)14(17)12-6-8-13(9-7-12)15(2,3)4/h6-9,11,14,17H,5,10,16H2,1-4H3. The van der Waals surface area contributed by atoms with Crippen molar-refractivity contribution in [3.63, 3.8) is 0 Å². The monoisotopic (exact) mass is 235 g/mol. The molecule has 17 heavy (non-hydrogen) atoms. The normalized spacial score (nSPS) is 15.6. The van der Waals surface area contributed by atoms with Crippen LogP contribution in [0.5, 0.6) is 0 Å². The molecule has 0 fully saturated rings. The van der Waals surface area contributed by atoms with Gasteiger partial charge in [-0.3, -0.25) is 0 Å². The summed E-state index contributed by atoms with van der Waals surface area (Å²) >= 11 is 0. The summed E-state index contributed by atoms with van der Waals surface area (Å²) in [4.78, 5) is 0. The van der Waals surface area contributed by atoms with Crippen molar-refractivity contribution >= 4 is 0 Å². The molecule has 0 aliphatic heterocycles. The number of aliphatic hydroxyl groups is 1. The quantitative estimate of drug-likeness (QED) is 0.842. The Morgan fingerprint density at radius 3 is 2.06 bits per heavy atom. The first-order valence-electron chi connectivity index (χ1n) is 6.38. The summed E-state index contributed by atoms with van der Waals surface area (Å²) in [5.41, 5.74) is 8.07. The first-order chi connectivity index (χ1) is 7.90. The molecule has 1 aromatic rings. The van der Waals surface area contributed by atoms with Gasteiger partial charge >= 0.3 is 0 Å². The molecule has 0 aliphatic carbocycles. The van der Waals surface area contributed by atoms with E-state index in [1.807, 2.05) is 12.1 Å². The van der Waals surface area contributed by atoms with E-state index in [1.165, 1.54) is 5.56 Å². The lowest BCUT2D eigenvalue weighted by molar-refractivity contribution is 0.110. The van der Waals surface area contributed by atoms with Gasteiger partial charge in [-0.15, -0.1) is 0 Å². The van der Waals surface area contributed by atoms with Crippen LogP contribution in [0.4, 0.5) is 0 Å². The molecule has 1 aromatic carbocycles. The highest BCUT2D eigenvalue weighted by Crippen LogP contribution is 2.27. The average Bonchev–Trinajstić information content (AvgIpc) is 2.29. The van der Waals surface area contributed by atoms with Crippen molar-refractivity contribution in [3.8, 4) is 0 Å². The van der Waals surface area contributed by atoms with Gasteiger partial charge in [0.2, 0.25) is 0 Å². The average molecular weight is 235 g/mol. The maximum absolute atomic E-state index is 10.2. The van der Waals surface area contributed by atoms with E-state index in [0.29, 0.717) is 6.54 Å². The zero-order valence-electron chi connectivity index (χ0n) is 11.4. The Labute approximate surface area is 105 Å². The molecule has 0 heterocycles. The molecule has 2 heteroatoms. The predicted octanol–water partition coefficient (Wildman–Crippen LogP) is 3.00. The molecule has 1 rings (SSSR count). The second kappa shape index (κ2) is 5.65. The van der Waals surface area contributed by atoms with Crippen molar-refractivity contribution in [1.29, 1.82) is 0 Å². The minimum absolute atomic E-state index is 0.149. The number of hydrogen-bond donors (Lipinski definition) is 2. The number of aliphatic hydroxyl groups excluding tert-OH is 1. The lowest BCUT2D eigenvalue weighted by Crippen LogP contribution is -2.21. The van der Waals surface area contributed by atoms with Gasteiger partial charge in [0.05, 0.1) is 6.10 Å². The van der Waals surface area contributed by atoms with Gasteiger partial charge in [-0.05, 0) is 29.5 Å². The lowest BCUT2D eigenvalue weighted by atomic mass is 9.85. The molecule has 0 saturated heterocycles. The first-order valence-corrected chi connectivity index (χ1v) is 6.38. The Balaban J connectivity index is 2.87. The summed E-state index contributed by atoms with van der Waals surface area (Å²) in [6, 6.07) is 8.23. The summed E-state index contributed by atoms with van der Waals surface area (Å²) in [5, 5.41) is 10.2. The van der Waals surface area contributed by atoms with Crippen molar-refractivity contribution in [1.82, 2.24) is 0 Å². The van der Waals surface area contributed by atoms with Crippen molar-refractivity contribution < 1.29 is 5.11 Å². The minimum atomic E-state index is -0.445. The predicted molar refractivity (Wildman–Crippen MR) is 72.9 cm³/mol. The number of rotatable bonds is 4. The molecule has 0 bridgehead atoms. The van der Waals surface area contributed by atoms with Crippen molar-refractivity contribution in [2.75, 3.05) is 6.54 Å². The third kappa shape index (κ3) is 3.55. The third-order valence-corrected chi connectivity index (χ3v) is 3.39. The molecule has 2 unspecified atom stereocenters. The molecule has 0 aliphatic rings. The largest absolute Gasteiger partial charge is 0.388 e. The van der Waals surface area contributed by atoms with Crippen LogP contribution < -0.4 is 5.73 Å². The summed E-state index contributed by atoms with van der Waals surface area (Å²) in [7, 11) is 0. The van der Waals surface area contributed by atoms with Crippen molar-refractivity contribution in [3.05, 3.63) is 35.4 Å². The maximum atomic E-state index is 10.2. The van der Waals surface area contributed by atoms with Crippen LogP contribution in [0.1, 0.15) is 51.3 Å². The third-order valence-electron chi connectivity index (χ3n) is 3.39. The molecule has 2 nitrogen and oxygen atoms in total. The zero-order valence-corrected chi connectivity index (χ0v) is 11.4. The molecule has 2 atom stereocenters. The van der Waals surface area contributed by atoms with Gasteiger partial charge in [-0.1, -0.05) is 52.0 Å². The van der Waals surface area contributed by atoms with Crippen LogP contribution in [0, 0.1) is 5.92 Å². The van der Waals surface area contributed by atoms with Gasteiger partial charge in [0.1, 0.15) is 0 Å². The smallest absolute Gasteiger partial charge is 0.0830 e. The summed E-state index contributed by atoms with van der Waals surface area (Å²) < 4.78 is 0. The fourth-order valence-corrected chi connectivity index (χ4v) is 1.97. The Morgan fingerprint density at radius 2 is 1.71 bits per heavy atom. The van der Waals surface area contributed by atoms with E-state index in [9.17, 15) is 5.11 Å². The second-order valence-electron chi connectivity index (χ2n) is 5.72. The van der Waals surface area contributed by atoms with Gasteiger partial charge in [0, 0.05) is 5.92 Å². The highest BCUT2D eigenvalue weighted by atomic mass is 16.3. The number of hydrogen-bond acceptors (Lipinski definition) is 2. The Morgan fingerprint density at radius 1 is 1.18 bits per heavy atom. The van der Waals surface area contributed by atoms with Gasteiger partial charge in [-0.25, -0.2) is 0 Å². The lowest BCUT2D eigenvalue weighted by Gasteiger charge is -2.23. The van der Waals surface area contributed by atoms with Crippen molar-refractivity contribution in [2.24, 2.45) is 11.7 Å². The first kappa shape index (κ1) is 14.2. The fraction of sp³-hybridized carbons (Fsp3) is 0.600. The Bertz CT molecular complexity index is 333. The Hall–Kier alpha value is -0.860. The highest BCUT2D eigenvalue weighted by Gasteiger charge is 2.19. The van der Waals surface area contributed by atoms with Crippen LogP contribution in [-0.2, 0) is 5.41 Å². The minimum Gasteiger partial charge on any atom is -0.388 e. The van der Waals surface area contributed by atoms with E-state index < -0.39 is 6.10 Å². The molecular formula is C15H25NO. The fourth-order valence-electron chi connectivity index (χ4n) is 1.97. The number of benzene rings is 1. The summed E-state index contributed by atoms with van der Waals surface area (Å²) in [6.45, 7) is 9.15. The number of nitrogens with two attached hydrogens (primary N) is 1. The summed E-state index contributed by atoms with van der Waals surface area (Å²) in [6.07, 6.45) is 0.456. The maximum Gasteiger partial charge on any atom is 0.0830 e.